The van der Waals surface area contributed by atoms with E-state index >= 15 is 0 Å². The van der Waals surface area contributed by atoms with E-state index in [9.17, 15) is 9.59 Å². The number of aromatic nitrogens is 1. The number of carbonyl (C=O) groups excluding carboxylic acids is 2. The quantitative estimate of drug-likeness (QED) is 0.431. The number of aryl methyl sites for hydroxylation is 1. The molecule has 35 heavy (non-hydrogen) atoms. The summed E-state index contributed by atoms with van der Waals surface area (Å²) in [6.45, 7) is 3.33. The molecule has 1 saturated heterocycles. The van der Waals surface area contributed by atoms with E-state index < -0.39 is 12.1 Å². The van der Waals surface area contributed by atoms with Crippen molar-refractivity contribution in [3.05, 3.63) is 60.1 Å². The number of methoxy groups -OCH3 is 1. The van der Waals surface area contributed by atoms with Crippen molar-refractivity contribution in [2.24, 2.45) is 0 Å². The molecule has 0 radical (unpaired) electrons. The van der Waals surface area contributed by atoms with Gasteiger partial charge in [-0.25, -0.2) is 14.6 Å². The minimum absolute atomic E-state index is 0.207. The van der Waals surface area contributed by atoms with Gasteiger partial charge in [0.05, 0.1) is 32.1 Å². The fraction of sp³-hybridized carbons (Fsp3) is 0.320. The maximum Gasteiger partial charge on any atom is 0.407 e. The maximum absolute atomic E-state index is 12.7. The van der Waals surface area contributed by atoms with Gasteiger partial charge in [-0.05, 0) is 41.8 Å². The number of rotatable bonds is 8. The van der Waals surface area contributed by atoms with E-state index in [1.165, 1.54) is 6.39 Å². The molecule has 0 aliphatic carbocycles. The van der Waals surface area contributed by atoms with Crippen LogP contribution in [0.3, 0.4) is 0 Å². The van der Waals surface area contributed by atoms with E-state index in [-0.39, 0.29) is 12.6 Å². The number of oxazole rings is 1. The van der Waals surface area contributed by atoms with Crippen molar-refractivity contribution in [3.63, 3.8) is 0 Å². The number of alkyl carbamates (subject to hydrolysis) is 1. The number of nitrogens with one attached hydrogen (secondary N) is 3. The van der Waals surface area contributed by atoms with E-state index in [0.717, 1.165) is 23.1 Å². The van der Waals surface area contributed by atoms with Gasteiger partial charge in [-0.1, -0.05) is 13.0 Å². The maximum atomic E-state index is 12.7. The predicted octanol–water partition coefficient (Wildman–Crippen LogP) is 4.57. The molecular weight excluding hydrogens is 452 g/mol. The summed E-state index contributed by atoms with van der Waals surface area (Å²) in [5.74, 6) is 1.10. The Balaban J connectivity index is 1.38. The molecule has 3 N–H and O–H groups in total. The van der Waals surface area contributed by atoms with Gasteiger partial charge in [-0.2, -0.15) is 0 Å². The zero-order valence-electron chi connectivity index (χ0n) is 19.6. The number of hydrogen-bond acceptors (Lipinski definition) is 7. The van der Waals surface area contributed by atoms with Crippen LogP contribution in [-0.2, 0) is 22.4 Å². The van der Waals surface area contributed by atoms with Gasteiger partial charge in [-0.15, -0.1) is 0 Å². The van der Waals surface area contributed by atoms with E-state index in [1.807, 2.05) is 25.1 Å². The summed E-state index contributed by atoms with van der Waals surface area (Å²) in [5.41, 5.74) is 3.76. The topological polar surface area (TPSA) is 124 Å². The third kappa shape index (κ3) is 6.51. The van der Waals surface area contributed by atoms with Crippen LogP contribution in [0.1, 0.15) is 24.5 Å². The van der Waals surface area contributed by atoms with Gasteiger partial charge >= 0.3 is 12.1 Å². The molecule has 1 aliphatic heterocycles. The highest BCUT2D eigenvalue weighted by molar-refractivity contribution is 6.00. The van der Waals surface area contributed by atoms with Crippen molar-refractivity contribution in [2.75, 3.05) is 31.0 Å². The Hall–Kier alpha value is -4.05. The molecule has 0 bridgehead atoms. The molecule has 2 aromatic carbocycles. The Morgan fingerprint density at radius 1 is 1.11 bits per heavy atom. The first-order chi connectivity index (χ1) is 17.0. The summed E-state index contributed by atoms with van der Waals surface area (Å²) in [6.07, 6.45) is 3.72. The summed E-state index contributed by atoms with van der Waals surface area (Å²) < 4.78 is 21.3. The van der Waals surface area contributed by atoms with Crippen LogP contribution in [0, 0.1) is 0 Å². The number of amides is 3. The minimum atomic E-state index is -0.489. The van der Waals surface area contributed by atoms with Gasteiger partial charge in [0.25, 0.3) is 0 Å². The Bertz CT molecular complexity index is 1160. The molecule has 1 fully saturated rings. The molecule has 3 amide bonds. The molecule has 10 nitrogen and oxygen atoms in total. The van der Waals surface area contributed by atoms with Gasteiger partial charge in [0, 0.05) is 30.4 Å². The second-order valence-electron chi connectivity index (χ2n) is 8.00. The average Bonchev–Trinajstić information content (AvgIpc) is 3.57. The number of anilines is 2. The van der Waals surface area contributed by atoms with Crippen LogP contribution in [0.4, 0.5) is 21.0 Å². The zero-order valence-corrected chi connectivity index (χ0v) is 19.6. The molecule has 1 aromatic heterocycles. The second-order valence-corrected chi connectivity index (χ2v) is 8.00. The Kier molecular flexibility index (Phi) is 7.84. The SMILES string of the molecule is CCc1cc(CNC(=O)O[C@H]2CCOC2)cc(NC(=O)Nc2ccc(-c3cnco3)c(OC)c2)c1. The fourth-order valence-electron chi connectivity index (χ4n) is 3.73. The lowest BCUT2D eigenvalue weighted by Crippen LogP contribution is -2.29. The van der Waals surface area contributed by atoms with E-state index in [1.54, 1.807) is 31.5 Å². The monoisotopic (exact) mass is 480 g/mol. The van der Waals surface area contributed by atoms with Crippen molar-refractivity contribution in [1.29, 1.82) is 0 Å². The molecule has 3 aromatic rings. The minimum Gasteiger partial charge on any atom is -0.496 e. The van der Waals surface area contributed by atoms with Crippen molar-refractivity contribution in [1.82, 2.24) is 10.3 Å². The summed E-state index contributed by atoms with van der Waals surface area (Å²) in [6, 6.07) is 10.5. The number of carbonyl (C=O) groups is 2. The zero-order chi connectivity index (χ0) is 24.6. The normalized spacial score (nSPS) is 14.9. The van der Waals surface area contributed by atoms with Crippen LogP contribution in [0.15, 0.2) is 53.4 Å². The standard InChI is InChI=1S/C25H28N4O6/c1-3-16-8-17(12-27-25(31)35-20-6-7-33-14-20)10-19(9-16)29-24(30)28-18-4-5-21(22(11-18)32-2)23-13-26-15-34-23/h4-5,8-11,13,15,20H,3,6-7,12,14H2,1-2H3,(H,27,31)(H2,28,29,30)/t20-/m0/s1. The largest absolute Gasteiger partial charge is 0.496 e. The number of urea groups is 1. The lowest BCUT2D eigenvalue weighted by molar-refractivity contribution is 0.0828. The molecule has 4 rings (SSSR count). The third-order valence-corrected chi connectivity index (χ3v) is 5.47. The van der Waals surface area contributed by atoms with Gasteiger partial charge in [0.2, 0.25) is 0 Å². The number of ether oxygens (including phenoxy) is 3. The van der Waals surface area contributed by atoms with E-state index in [2.05, 4.69) is 20.9 Å². The summed E-state index contributed by atoms with van der Waals surface area (Å²) in [5, 5.41) is 8.41. The van der Waals surface area contributed by atoms with E-state index in [0.29, 0.717) is 42.5 Å². The summed E-state index contributed by atoms with van der Waals surface area (Å²) >= 11 is 0. The molecule has 0 spiro atoms. The Morgan fingerprint density at radius 2 is 1.94 bits per heavy atom. The van der Waals surface area contributed by atoms with Crippen molar-refractivity contribution >= 4 is 23.5 Å². The van der Waals surface area contributed by atoms with Crippen LogP contribution in [0.5, 0.6) is 5.75 Å². The average molecular weight is 481 g/mol. The van der Waals surface area contributed by atoms with E-state index in [4.69, 9.17) is 18.6 Å². The highest BCUT2D eigenvalue weighted by Crippen LogP contribution is 2.32. The first-order valence-corrected chi connectivity index (χ1v) is 11.3. The third-order valence-electron chi connectivity index (χ3n) is 5.47. The van der Waals surface area contributed by atoms with Crippen LogP contribution < -0.4 is 20.7 Å². The molecule has 2 heterocycles. The van der Waals surface area contributed by atoms with Gasteiger partial charge in [0.15, 0.2) is 12.2 Å². The van der Waals surface area contributed by atoms with Crippen LogP contribution >= 0.6 is 0 Å². The molecule has 1 aliphatic rings. The Labute approximate surface area is 203 Å². The molecule has 0 unspecified atom stereocenters. The molecule has 1 atom stereocenters. The highest BCUT2D eigenvalue weighted by atomic mass is 16.6. The van der Waals surface area contributed by atoms with Crippen molar-refractivity contribution in [2.45, 2.75) is 32.4 Å². The molecular formula is C25H28N4O6. The predicted molar refractivity (Wildman–Crippen MR) is 129 cm³/mol. The summed E-state index contributed by atoms with van der Waals surface area (Å²) in [7, 11) is 1.54. The van der Waals surface area contributed by atoms with Gasteiger partial charge in [-0.3, -0.25) is 0 Å². The van der Waals surface area contributed by atoms with Crippen LogP contribution in [-0.4, -0.2) is 43.5 Å². The molecule has 0 saturated carbocycles. The Morgan fingerprint density at radius 3 is 2.66 bits per heavy atom. The van der Waals surface area contributed by atoms with Crippen LogP contribution in [0.25, 0.3) is 11.3 Å². The first kappa shape index (κ1) is 24.1. The van der Waals surface area contributed by atoms with Crippen LogP contribution in [0.2, 0.25) is 0 Å². The van der Waals surface area contributed by atoms with Crippen molar-refractivity contribution in [3.8, 4) is 17.1 Å². The lowest BCUT2D eigenvalue weighted by atomic mass is 10.1. The van der Waals surface area contributed by atoms with Crippen molar-refractivity contribution < 1.29 is 28.2 Å². The lowest BCUT2D eigenvalue weighted by Gasteiger charge is -2.14. The number of hydrogen-bond donors (Lipinski definition) is 3. The summed E-state index contributed by atoms with van der Waals surface area (Å²) in [4.78, 5) is 28.6. The molecule has 10 heteroatoms. The fourth-order valence-corrected chi connectivity index (χ4v) is 3.73. The first-order valence-electron chi connectivity index (χ1n) is 11.3. The van der Waals surface area contributed by atoms with Gasteiger partial charge < -0.3 is 34.6 Å². The number of nitrogens with zero attached hydrogens (tertiary/aromatic N) is 1. The number of benzene rings is 2. The smallest absolute Gasteiger partial charge is 0.407 e. The molecule has 184 valence electrons. The second kappa shape index (κ2) is 11.4. The van der Waals surface area contributed by atoms with Gasteiger partial charge in [0.1, 0.15) is 11.9 Å². The highest BCUT2D eigenvalue weighted by Gasteiger charge is 2.19.